The second kappa shape index (κ2) is 121. The van der Waals surface area contributed by atoms with Gasteiger partial charge in [-0.15, -0.1) is 0 Å². The zero-order valence-corrected chi connectivity index (χ0v) is 4.53. The van der Waals surface area contributed by atoms with Crippen LogP contribution in [0.4, 0.5) is 0 Å². The Morgan fingerprint density at radius 2 is 1.67 bits per heavy atom. The Hall–Kier alpha value is -0.260. The molecule has 0 saturated heterocycles. The van der Waals surface area contributed by atoms with Gasteiger partial charge in [-0.05, 0) is 0 Å². The summed E-state index contributed by atoms with van der Waals surface area (Å²) >= 11 is 0. The first-order valence-corrected chi connectivity index (χ1v) is 1.17. The molecule has 1 N–H and O–H groups in total. The highest BCUT2D eigenvalue weighted by Crippen LogP contribution is 1.21. The van der Waals surface area contributed by atoms with Gasteiger partial charge in [0.2, 0.25) is 0 Å². The van der Waals surface area contributed by atoms with Crippen LogP contribution in [0, 0.1) is 11.3 Å². The predicted octanol–water partition coefficient (Wildman–Crippen LogP) is -2.75. The van der Waals surface area contributed by atoms with Gasteiger partial charge in [0, 0.05) is 14.0 Å². The van der Waals surface area contributed by atoms with E-state index in [-0.39, 0.29) is 13.8 Å². The van der Waals surface area contributed by atoms with Crippen LogP contribution in [0.15, 0.2) is 0 Å². The first-order chi connectivity index (χ1) is 2.41. The average Bonchev–Trinajstić information content (AvgIpc) is 1.46. The van der Waals surface area contributed by atoms with Gasteiger partial charge in [0.05, 0.1) is 6.07 Å². The maximum Gasteiger partial charge on any atom is 1.00 e. The Labute approximate surface area is 45.3 Å². The lowest BCUT2D eigenvalue weighted by Gasteiger charge is -1.21. The Kier molecular flexibility index (Phi) is 347. The summed E-state index contributed by atoms with van der Waals surface area (Å²) in [4.78, 5) is 0. The van der Waals surface area contributed by atoms with Crippen LogP contribution in [0.3, 0.4) is 0 Å². The molecule has 0 spiro atoms. The maximum absolute atomic E-state index is 7.32. The molecule has 0 bridgehead atoms. The minimum atomic E-state index is 0. The van der Waals surface area contributed by atoms with Gasteiger partial charge in [0.15, 0.2) is 0 Å². The molecule has 0 saturated carbocycles. The number of halogens is 1. The van der Waals surface area contributed by atoms with Crippen LogP contribution >= 0.6 is 0 Å². The smallest absolute Gasteiger partial charge is 1.00 e. The minimum Gasteiger partial charge on any atom is -1.00 e. The zero-order chi connectivity index (χ0) is 4.71. The van der Waals surface area contributed by atoms with Crippen molar-refractivity contribution >= 4 is 0 Å². The SMILES string of the molecule is CC#N.CO.[Cl-].[H+]. The quantitative estimate of drug-likeness (QED) is 0.367. The minimum absolute atomic E-state index is 0. The van der Waals surface area contributed by atoms with E-state index < -0.39 is 0 Å². The normalized spacial score (nSPS) is 2.33. The van der Waals surface area contributed by atoms with E-state index in [0.717, 1.165) is 7.11 Å². The second-order valence-corrected chi connectivity index (χ2v) is 0.224. The van der Waals surface area contributed by atoms with E-state index in [1.54, 1.807) is 6.07 Å². The summed E-state index contributed by atoms with van der Waals surface area (Å²) in [6, 6.07) is 1.75. The third-order valence-corrected chi connectivity index (χ3v) is 0. The van der Waals surface area contributed by atoms with Crippen molar-refractivity contribution in [1.82, 2.24) is 0 Å². The van der Waals surface area contributed by atoms with Gasteiger partial charge in [-0.1, -0.05) is 0 Å². The Bertz CT molecular complexity index is 36.4. The fourth-order valence-electron chi connectivity index (χ4n) is 0. The molecule has 2 nitrogen and oxygen atoms in total. The lowest BCUT2D eigenvalue weighted by Crippen LogP contribution is -3.00. The van der Waals surface area contributed by atoms with Crippen molar-refractivity contribution < 1.29 is 18.9 Å². The lowest BCUT2D eigenvalue weighted by atomic mass is 11.0. The van der Waals surface area contributed by atoms with Gasteiger partial charge in [0.1, 0.15) is 0 Å². The van der Waals surface area contributed by atoms with Crippen molar-refractivity contribution in [3.05, 3.63) is 0 Å². The van der Waals surface area contributed by atoms with E-state index in [2.05, 4.69) is 0 Å². The highest BCUT2D eigenvalue weighted by molar-refractivity contribution is 4.51. The molecule has 0 radical (unpaired) electrons. The van der Waals surface area contributed by atoms with Crippen LogP contribution in [0.25, 0.3) is 0 Å². The van der Waals surface area contributed by atoms with E-state index in [1.165, 1.54) is 6.92 Å². The second-order valence-electron chi connectivity index (χ2n) is 0.224. The van der Waals surface area contributed by atoms with E-state index in [0.29, 0.717) is 0 Å². The molecule has 0 aliphatic carbocycles. The number of hydrogen-bond acceptors (Lipinski definition) is 2. The van der Waals surface area contributed by atoms with Gasteiger partial charge >= 0.3 is 1.43 Å². The number of aliphatic hydroxyl groups excluding tert-OH is 1. The largest absolute Gasteiger partial charge is 1.00 e. The highest BCUT2D eigenvalue weighted by Gasteiger charge is 1.17. The fraction of sp³-hybridized carbons (Fsp3) is 0.667. The van der Waals surface area contributed by atoms with Gasteiger partial charge in [-0.3, -0.25) is 0 Å². The van der Waals surface area contributed by atoms with Crippen molar-refractivity contribution in [2.24, 2.45) is 0 Å². The zero-order valence-electron chi connectivity index (χ0n) is 4.77. The molecule has 0 aromatic rings. The first-order valence-electron chi connectivity index (χ1n) is 1.17. The monoisotopic (exact) mass is 109 g/mol. The summed E-state index contributed by atoms with van der Waals surface area (Å²) < 4.78 is 0. The molecule has 3 heteroatoms. The van der Waals surface area contributed by atoms with Gasteiger partial charge in [-0.2, -0.15) is 5.26 Å². The Morgan fingerprint density at radius 1 is 1.67 bits per heavy atom. The molecule has 0 heterocycles. The summed E-state index contributed by atoms with van der Waals surface area (Å²) in [5, 5.41) is 14.3. The average molecular weight is 110 g/mol. The van der Waals surface area contributed by atoms with E-state index in [1.807, 2.05) is 0 Å². The molecule has 0 aromatic heterocycles. The number of nitriles is 1. The molecule has 6 heavy (non-hydrogen) atoms. The third kappa shape index (κ3) is 415. The van der Waals surface area contributed by atoms with Crippen molar-refractivity contribution in [1.29, 1.82) is 5.26 Å². The number of rotatable bonds is 0. The molecule has 0 amide bonds. The Morgan fingerprint density at radius 3 is 1.67 bits per heavy atom. The predicted molar refractivity (Wildman–Crippen MR) is 20.5 cm³/mol. The number of aliphatic hydroxyl groups is 1. The molecule has 0 aliphatic heterocycles. The summed E-state index contributed by atoms with van der Waals surface area (Å²) in [6.07, 6.45) is 0. The number of nitrogens with zero attached hydrogens (tertiary/aromatic N) is 1. The van der Waals surface area contributed by atoms with Crippen LogP contribution in [0.1, 0.15) is 8.35 Å². The first kappa shape index (κ1) is 17.2. The standard InChI is InChI=1S/C2H3N.CH4O.ClH/c1-2-3;1-2;/h1H3;2H,1H3;1H. The molecule has 0 fully saturated rings. The summed E-state index contributed by atoms with van der Waals surface area (Å²) in [6.45, 7) is 1.43. The van der Waals surface area contributed by atoms with Crippen molar-refractivity contribution in [2.75, 3.05) is 7.11 Å². The van der Waals surface area contributed by atoms with Crippen LogP contribution in [0.5, 0.6) is 0 Å². The van der Waals surface area contributed by atoms with Crippen LogP contribution < -0.4 is 12.4 Å². The Balaban J connectivity index is -0.0000000105. The molecule has 38 valence electrons. The molecule has 0 atom stereocenters. The fourth-order valence-corrected chi connectivity index (χ4v) is 0. The number of hydrogen-bond donors (Lipinski definition) is 1. The van der Waals surface area contributed by atoms with Crippen LogP contribution in [0.2, 0.25) is 0 Å². The molecule has 0 aliphatic rings. The van der Waals surface area contributed by atoms with Gasteiger partial charge in [-0.25, -0.2) is 0 Å². The molecule has 0 unspecified atom stereocenters. The molecule has 0 aromatic carbocycles. The van der Waals surface area contributed by atoms with Crippen LogP contribution in [-0.2, 0) is 0 Å². The van der Waals surface area contributed by atoms with Crippen molar-refractivity contribution in [2.45, 2.75) is 6.92 Å². The van der Waals surface area contributed by atoms with E-state index in [4.69, 9.17) is 10.4 Å². The van der Waals surface area contributed by atoms with Crippen molar-refractivity contribution in [3.8, 4) is 6.07 Å². The molecular formula is C3H8ClNO. The maximum atomic E-state index is 7.32. The lowest BCUT2D eigenvalue weighted by molar-refractivity contribution is -0.00000224. The van der Waals surface area contributed by atoms with Gasteiger partial charge in [0.25, 0.3) is 0 Å². The van der Waals surface area contributed by atoms with Crippen molar-refractivity contribution in [3.63, 3.8) is 0 Å². The summed E-state index contributed by atoms with van der Waals surface area (Å²) in [5.41, 5.74) is 0. The highest BCUT2D eigenvalue weighted by atomic mass is 35.5. The van der Waals surface area contributed by atoms with Crippen LogP contribution in [-0.4, -0.2) is 12.2 Å². The summed E-state index contributed by atoms with van der Waals surface area (Å²) in [5.74, 6) is 0. The van der Waals surface area contributed by atoms with Gasteiger partial charge < -0.3 is 17.5 Å². The summed E-state index contributed by atoms with van der Waals surface area (Å²) in [7, 11) is 1.00. The third-order valence-electron chi connectivity index (χ3n) is 0. The topological polar surface area (TPSA) is 44.0 Å². The molecular weight excluding hydrogens is 101 g/mol. The molecule has 0 rings (SSSR count). The van der Waals surface area contributed by atoms with E-state index >= 15 is 0 Å². The van der Waals surface area contributed by atoms with E-state index in [9.17, 15) is 0 Å².